The number of hydrogen-bond acceptors (Lipinski definition) is 2. The molecule has 3 fully saturated rings. The quantitative estimate of drug-likeness (QED) is 0.912. The van der Waals surface area contributed by atoms with Crippen molar-refractivity contribution in [3.8, 4) is 0 Å². The van der Waals surface area contributed by atoms with E-state index in [1.165, 1.54) is 18.4 Å². The molecule has 20 heavy (non-hydrogen) atoms. The number of rotatable bonds is 4. The van der Waals surface area contributed by atoms with Gasteiger partial charge in [-0.1, -0.05) is 37.3 Å². The first kappa shape index (κ1) is 12.4. The van der Waals surface area contributed by atoms with Crippen molar-refractivity contribution < 1.29 is 4.79 Å². The molecule has 1 aliphatic heterocycles. The zero-order valence-electron chi connectivity index (χ0n) is 12.0. The van der Waals surface area contributed by atoms with Crippen LogP contribution in [0.1, 0.15) is 44.3 Å². The number of amides is 1. The molecule has 3 heteroatoms. The van der Waals surface area contributed by atoms with Crippen molar-refractivity contribution in [2.24, 2.45) is 11.8 Å². The molecule has 3 aliphatic rings. The molecular formula is C17H22N2O. The predicted molar refractivity (Wildman–Crippen MR) is 77.9 cm³/mol. The molecule has 2 saturated carbocycles. The van der Waals surface area contributed by atoms with Gasteiger partial charge in [-0.3, -0.25) is 10.1 Å². The minimum absolute atomic E-state index is 0.0763. The summed E-state index contributed by atoms with van der Waals surface area (Å²) in [6, 6.07) is 10.4. The van der Waals surface area contributed by atoms with Crippen molar-refractivity contribution in [2.45, 2.75) is 44.3 Å². The van der Waals surface area contributed by atoms with E-state index in [2.05, 4.69) is 41.4 Å². The Kier molecular flexibility index (Phi) is 2.68. The number of carbonyl (C=O) groups excluding carboxylic acids is 1. The van der Waals surface area contributed by atoms with Crippen LogP contribution in [0.3, 0.4) is 0 Å². The minimum atomic E-state index is -0.218. The van der Waals surface area contributed by atoms with Gasteiger partial charge in [-0.15, -0.1) is 0 Å². The third-order valence-electron chi connectivity index (χ3n) is 5.17. The molecule has 1 spiro atoms. The van der Waals surface area contributed by atoms with E-state index in [1.807, 2.05) is 6.07 Å². The summed E-state index contributed by atoms with van der Waals surface area (Å²) in [7, 11) is 0. The second-order valence-electron chi connectivity index (χ2n) is 6.81. The van der Waals surface area contributed by atoms with Crippen LogP contribution in [0.2, 0.25) is 0 Å². The Bertz CT molecular complexity index is 519. The minimum Gasteiger partial charge on any atom is -0.321 e. The first-order chi connectivity index (χ1) is 9.70. The average molecular weight is 270 g/mol. The molecule has 1 saturated heterocycles. The number of carbonyl (C=O) groups is 1. The van der Waals surface area contributed by atoms with E-state index in [4.69, 9.17) is 0 Å². The molecule has 2 unspecified atom stereocenters. The maximum atomic E-state index is 12.7. The number of hydrogen-bond donors (Lipinski definition) is 1. The fourth-order valence-electron chi connectivity index (χ4n) is 3.49. The second kappa shape index (κ2) is 4.32. The van der Waals surface area contributed by atoms with E-state index in [0.29, 0.717) is 11.8 Å². The van der Waals surface area contributed by atoms with E-state index in [1.54, 1.807) is 0 Å². The van der Waals surface area contributed by atoms with Gasteiger partial charge >= 0.3 is 0 Å². The van der Waals surface area contributed by atoms with Crippen LogP contribution in [-0.4, -0.2) is 22.9 Å². The molecule has 1 N–H and O–H groups in total. The lowest BCUT2D eigenvalue weighted by atomic mass is 10.0. The average Bonchev–Trinajstić information content (AvgIpc) is 3.36. The van der Waals surface area contributed by atoms with Gasteiger partial charge in [0, 0.05) is 6.54 Å². The van der Waals surface area contributed by atoms with E-state index in [9.17, 15) is 4.79 Å². The van der Waals surface area contributed by atoms with Gasteiger partial charge in [-0.2, -0.15) is 0 Å². The van der Waals surface area contributed by atoms with Gasteiger partial charge in [0.25, 0.3) is 0 Å². The molecule has 2 aliphatic carbocycles. The highest BCUT2D eigenvalue weighted by Crippen LogP contribution is 2.47. The third kappa shape index (κ3) is 1.96. The fraction of sp³-hybridized carbons (Fsp3) is 0.588. The Morgan fingerprint density at radius 3 is 2.60 bits per heavy atom. The van der Waals surface area contributed by atoms with Crippen LogP contribution in [0.15, 0.2) is 30.3 Å². The van der Waals surface area contributed by atoms with Crippen molar-refractivity contribution >= 4 is 5.91 Å². The van der Waals surface area contributed by atoms with Gasteiger partial charge in [0.1, 0.15) is 11.7 Å². The van der Waals surface area contributed by atoms with Crippen LogP contribution in [0.25, 0.3) is 0 Å². The molecule has 106 valence electrons. The Balaban J connectivity index is 1.60. The molecule has 1 aromatic rings. The summed E-state index contributed by atoms with van der Waals surface area (Å²) < 4.78 is 0. The number of nitrogens with zero attached hydrogens (tertiary/aromatic N) is 1. The van der Waals surface area contributed by atoms with Crippen LogP contribution in [-0.2, 0) is 4.79 Å². The first-order valence-electron chi connectivity index (χ1n) is 7.83. The largest absolute Gasteiger partial charge is 0.321 e. The third-order valence-corrected chi connectivity index (χ3v) is 5.17. The van der Waals surface area contributed by atoms with Gasteiger partial charge in [0.2, 0.25) is 5.91 Å². The predicted octanol–water partition coefficient (Wildman–Crippen LogP) is 2.70. The van der Waals surface area contributed by atoms with Crippen LogP contribution < -0.4 is 5.32 Å². The van der Waals surface area contributed by atoms with Crippen molar-refractivity contribution in [1.29, 1.82) is 0 Å². The number of nitrogens with one attached hydrogen (secondary N) is 1. The van der Waals surface area contributed by atoms with Crippen molar-refractivity contribution in [3.05, 3.63) is 35.9 Å². The smallest absolute Gasteiger partial charge is 0.244 e. The molecule has 2 atom stereocenters. The van der Waals surface area contributed by atoms with Crippen LogP contribution in [0.4, 0.5) is 0 Å². The van der Waals surface area contributed by atoms with E-state index < -0.39 is 0 Å². The molecule has 0 aromatic heterocycles. The van der Waals surface area contributed by atoms with E-state index in [0.717, 1.165) is 25.3 Å². The zero-order chi connectivity index (χ0) is 13.7. The Hall–Kier alpha value is -1.35. The maximum Gasteiger partial charge on any atom is 0.244 e. The zero-order valence-corrected chi connectivity index (χ0v) is 12.0. The summed E-state index contributed by atoms with van der Waals surface area (Å²) in [5, 5.41) is 3.60. The Labute approximate surface area is 120 Å². The monoisotopic (exact) mass is 270 g/mol. The van der Waals surface area contributed by atoms with Crippen molar-refractivity contribution in [2.75, 3.05) is 6.54 Å². The van der Waals surface area contributed by atoms with Crippen molar-refractivity contribution in [1.82, 2.24) is 10.2 Å². The fourth-order valence-corrected chi connectivity index (χ4v) is 3.49. The van der Waals surface area contributed by atoms with Crippen molar-refractivity contribution in [3.63, 3.8) is 0 Å². The van der Waals surface area contributed by atoms with Gasteiger partial charge in [-0.25, -0.2) is 0 Å². The summed E-state index contributed by atoms with van der Waals surface area (Å²) in [5.41, 5.74) is 0.997. The highest BCUT2D eigenvalue weighted by Gasteiger charge is 2.59. The molecule has 0 radical (unpaired) electrons. The topological polar surface area (TPSA) is 32.3 Å². The summed E-state index contributed by atoms with van der Waals surface area (Å²) >= 11 is 0. The van der Waals surface area contributed by atoms with Crippen LogP contribution >= 0.6 is 0 Å². The molecule has 0 bridgehead atoms. The maximum absolute atomic E-state index is 12.7. The summed E-state index contributed by atoms with van der Waals surface area (Å²) in [5.74, 6) is 1.80. The van der Waals surface area contributed by atoms with Gasteiger partial charge in [-0.05, 0) is 43.1 Å². The lowest BCUT2D eigenvalue weighted by Gasteiger charge is -2.27. The summed E-state index contributed by atoms with van der Waals surface area (Å²) in [6.45, 7) is 3.20. The van der Waals surface area contributed by atoms with E-state index in [-0.39, 0.29) is 11.7 Å². The summed E-state index contributed by atoms with van der Waals surface area (Å²) in [6.07, 6.45) is 4.77. The van der Waals surface area contributed by atoms with Crippen LogP contribution in [0, 0.1) is 11.8 Å². The molecule has 4 rings (SSSR count). The number of benzene rings is 1. The van der Waals surface area contributed by atoms with E-state index >= 15 is 0 Å². The summed E-state index contributed by atoms with van der Waals surface area (Å²) in [4.78, 5) is 14.8. The lowest BCUT2D eigenvalue weighted by Crippen LogP contribution is -2.35. The first-order valence-corrected chi connectivity index (χ1v) is 7.83. The Morgan fingerprint density at radius 1 is 1.30 bits per heavy atom. The molecule has 1 amide bonds. The van der Waals surface area contributed by atoms with Gasteiger partial charge in [0.15, 0.2) is 0 Å². The second-order valence-corrected chi connectivity index (χ2v) is 6.81. The highest BCUT2D eigenvalue weighted by molar-refractivity contribution is 5.92. The van der Waals surface area contributed by atoms with Gasteiger partial charge in [0.05, 0.1) is 0 Å². The Morgan fingerprint density at radius 2 is 2.00 bits per heavy atom. The van der Waals surface area contributed by atoms with Crippen LogP contribution in [0.5, 0.6) is 0 Å². The molecular weight excluding hydrogens is 248 g/mol. The lowest BCUT2D eigenvalue weighted by molar-refractivity contribution is -0.131. The standard InChI is InChI=1S/C17H22N2O/c1-12(13-7-8-13)11-19-15(14-5-3-2-4-6-14)18-17(9-10-17)16(19)20/h2-6,12-13,15,18H,7-11H2,1H3. The SMILES string of the molecule is CC(CN1C(=O)C2(CC2)NC1c1ccccc1)C1CC1. The molecule has 3 nitrogen and oxygen atoms in total. The molecule has 1 aromatic carbocycles. The van der Waals surface area contributed by atoms with Gasteiger partial charge < -0.3 is 4.90 Å². The molecule has 1 heterocycles. The highest BCUT2D eigenvalue weighted by atomic mass is 16.2. The normalized spacial score (nSPS) is 28.9.